The van der Waals surface area contributed by atoms with Crippen LogP contribution in [0.25, 0.3) is 0 Å². The monoisotopic (exact) mass is 197 g/mol. The number of rotatable bonds is 5. The van der Waals surface area contributed by atoms with E-state index in [0.29, 0.717) is 12.1 Å². The molecule has 1 aliphatic rings. The standard InChI is InChI=1S/C11H19NO2/c1-3-11(5-4-6-11)12-8-9(2)7-10(13)14/h7,12H,3-6,8H2,1-2H3,(H,13,14). The van der Waals surface area contributed by atoms with Gasteiger partial charge in [0.05, 0.1) is 0 Å². The number of aliphatic carboxylic acids is 1. The third-order valence-electron chi connectivity index (χ3n) is 3.10. The normalized spacial score (nSPS) is 20.3. The van der Waals surface area contributed by atoms with Crippen molar-refractivity contribution in [2.45, 2.75) is 45.1 Å². The van der Waals surface area contributed by atoms with E-state index in [2.05, 4.69) is 12.2 Å². The van der Waals surface area contributed by atoms with Crippen molar-refractivity contribution in [2.75, 3.05) is 6.54 Å². The van der Waals surface area contributed by atoms with Crippen molar-refractivity contribution in [1.82, 2.24) is 5.32 Å². The van der Waals surface area contributed by atoms with Crippen LogP contribution in [0.5, 0.6) is 0 Å². The van der Waals surface area contributed by atoms with Gasteiger partial charge in [0, 0.05) is 18.2 Å². The second-order valence-corrected chi connectivity index (χ2v) is 4.17. The highest BCUT2D eigenvalue weighted by molar-refractivity contribution is 5.80. The van der Waals surface area contributed by atoms with Crippen molar-refractivity contribution < 1.29 is 9.90 Å². The number of carboxylic acids is 1. The van der Waals surface area contributed by atoms with E-state index in [-0.39, 0.29) is 0 Å². The van der Waals surface area contributed by atoms with Gasteiger partial charge < -0.3 is 10.4 Å². The third kappa shape index (κ3) is 2.84. The molecule has 0 aliphatic heterocycles. The van der Waals surface area contributed by atoms with E-state index in [1.807, 2.05) is 6.92 Å². The van der Waals surface area contributed by atoms with E-state index in [0.717, 1.165) is 12.0 Å². The lowest BCUT2D eigenvalue weighted by molar-refractivity contribution is -0.131. The minimum Gasteiger partial charge on any atom is -0.478 e. The molecule has 1 aliphatic carbocycles. The first-order chi connectivity index (χ1) is 6.58. The highest BCUT2D eigenvalue weighted by Gasteiger charge is 2.33. The minimum atomic E-state index is -0.858. The van der Waals surface area contributed by atoms with E-state index in [1.165, 1.54) is 25.3 Å². The second kappa shape index (κ2) is 4.60. The molecule has 0 aromatic rings. The van der Waals surface area contributed by atoms with E-state index >= 15 is 0 Å². The minimum absolute atomic E-state index is 0.299. The van der Waals surface area contributed by atoms with Crippen LogP contribution in [0.2, 0.25) is 0 Å². The van der Waals surface area contributed by atoms with Crippen LogP contribution in [0.1, 0.15) is 39.5 Å². The highest BCUT2D eigenvalue weighted by atomic mass is 16.4. The Labute approximate surface area is 85.2 Å². The van der Waals surface area contributed by atoms with Gasteiger partial charge in [0.15, 0.2) is 0 Å². The van der Waals surface area contributed by atoms with Gasteiger partial charge in [-0.15, -0.1) is 0 Å². The number of carbonyl (C=O) groups is 1. The maximum atomic E-state index is 10.4. The van der Waals surface area contributed by atoms with Gasteiger partial charge in [0.1, 0.15) is 0 Å². The maximum Gasteiger partial charge on any atom is 0.328 e. The van der Waals surface area contributed by atoms with E-state index in [4.69, 9.17) is 5.11 Å². The topological polar surface area (TPSA) is 49.3 Å². The van der Waals surface area contributed by atoms with Crippen molar-refractivity contribution in [2.24, 2.45) is 0 Å². The molecule has 1 fully saturated rings. The number of hydrogen-bond acceptors (Lipinski definition) is 2. The number of carboxylic acid groups (broad SMARTS) is 1. The van der Waals surface area contributed by atoms with Gasteiger partial charge in [-0.1, -0.05) is 12.5 Å². The summed E-state index contributed by atoms with van der Waals surface area (Å²) in [6.45, 7) is 4.73. The van der Waals surface area contributed by atoms with Gasteiger partial charge >= 0.3 is 5.97 Å². The van der Waals surface area contributed by atoms with E-state index in [1.54, 1.807) is 0 Å². The summed E-state index contributed by atoms with van der Waals surface area (Å²) in [6.07, 6.45) is 6.15. The Kier molecular flexibility index (Phi) is 3.69. The molecule has 0 aromatic heterocycles. The SMILES string of the molecule is CCC1(NCC(C)=CC(=O)O)CCC1. The van der Waals surface area contributed by atoms with Crippen LogP contribution < -0.4 is 5.32 Å². The summed E-state index contributed by atoms with van der Waals surface area (Å²) < 4.78 is 0. The molecule has 3 nitrogen and oxygen atoms in total. The van der Waals surface area contributed by atoms with Crippen molar-refractivity contribution >= 4 is 5.97 Å². The second-order valence-electron chi connectivity index (χ2n) is 4.17. The number of hydrogen-bond donors (Lipinski definition) is 2. The molecule has 3 heteroatoms. The predicted molar refractivity (Wildman–Crippen MR) is 56.3 cm³/mol. The average Bonchev–Trinajstić information content (AvgIpc) is 2.01. The fourth-order valence-corrected chi connectivity index (χ4v) is 1.85. The molecule has 0 atom stereocenters. The molecular weight excluding hydrogens is 178 g/mol. The summed E-state index contributed by atoms with van der Waals surface area (Å²) in [7, 11) is 0. The van der Waals surface area contributed by atoms with E-state index < -0.39 is 5.97 Å². The summed E-state index contributed by atoms with van der Waals surface area (Å²) in [6, 6.07) is 0. The Balaban J connectivity index is 2.35. The first kappa shape index (κ1) is 11.2. The molecule has 0 aromatic carbocycles. The molecule has 0 radical (unpaired) electrons. The Bertz CT molecular complexity index is 236. The summed E-state index contributed by atoms with van der Waals surface area (Å²) in [5.74, 6) is -0.858. The molecule has 0 bridgehead atoms. The average molecular weight is 197 g/mol. The number of nitrogens with one attached hydrogen (secondary N) is 1. The first-order valence-electron chi connectivity index (χ1n) is 5.23. The highest BCUT2D eigenvalue weighted by Crippen LogP contribution is 2.34. The van der Waals surface area contributed by atoms with Crippen molar-refractivity contribution in [3.63, 3.8) is 0 Å². The van der Waals surface area contributed by atoms with Crippen LogP contribution in [-0.4, -0.2) is 23.2 Å². The summed E-state index contributed by atoms with van der Waals surface area (Å²) in [5.41, 5.74) is 1.19. The van der Waals surface area contributed by atoms with Gasteiger partial charge in [-0.05, 0) is 32.6 Å². The van der Waals surface area contributed by atoms with Gasteiger partial charge in [-0.25, -0.2) is 4.79 Å². The van der Waals surface area contributed by atoms with Gasteiger partial charge in [-0.3, -0.25) is 0 Å². The molecule has 0 spiro atoms. The molecule has 1 rings (SSSR count). The van der Waals surface area contributed by atoms with Gasteiger partial charge in [0.2, 0.25) is 0 Å². The maximum absolute atomic E-state index is 10.4. The largest absolute Gasteiger partial charge is 0.478 e. The zero-order valence-electron chi connectivity index (χ0n) is 8.97. The Hall–Kier alpha value is -0.830. The predicted octanol–water partition coefficient (Wildman–Crippen LogP) is 1.94. The lowest BCUT2D eigenvalue weighted by Gasteiger charge is -2.42. The summed E-state index contributed by atoms with van der Waals surface area (Å²) >= 11 is 0. The quantitative estimate of drug-likeness (QED) is 0.662. The molecule has 0 heterocycles. The summed E-state index contributed by atoms with van der Waals surface area (Å²) in [4.78, 5) is 10.4. The molecule has 0 saturated heterocycles. The third-order valence-corrected chi connectivity index (χ3v) is 3.10. The fraction of sp³-hybridized carbons (Fsp3) is 0.727. The lowest BCUT2D eigenvalue weighted by Crippen LogP contribution is -2.50. The van der Waals surface area contributed by atoms with Crippen LogP contribution >= 0.6 is 0 Å². The van der Waals surface area contributed by atoms with Crippen molar-refractivity contribution in [3.05, 3.63) is 11.6 Å². The Morgan fingerprint density at radius 3 is 2.57 bits per heavy atom. The molecular formula is C11H19NO2. The van der Waals surface area contributed by atoms with Crippen LogP contribution in [0.15, 0.2) is 11.6 Å². The van der Waals surface area contributed by atoms with E-state index in [9.17, 15) is 4.79 Å². The van der Waals surface area contributed by atoms with Crippen LogP contribution in [0, 0.1) is 0 Å². The molecule has 80 valence electrons. The van der Waals surface area contributed by atoms with Gasteiger partial charge in [0.25, 0.3) is 0 Å². The van der Waals surface area contributed by atoms with Crippen molar-refractivity contribution in [1.29, 1.82) is 0 Å². The Morgan fingerprint density at radius 1 is 1.57 bits per heavy atom. The van der Waals surface area contributed by atoms with Crippen LogP contribution in [0.3, 0.4) is 0 Å². The van der Waals surface area contributed by atoms with Gasteiger partial charge in [-0.2, -0.15) is 0 Å². The fourth-order valence-electron chi connectivity index (χ4n) is 1.85. The van der Waals surface area contributed by atoms with Crippen molar-refractivity contribution in [3.8, 4) is 0 Å². The zero-order chi connectivity index (χ0) is 10.6. The van der Waals surface area contributed by atoms with Crippen LogP contribution in [0.4, 0.5) is 0 Å². The molecule has 0 amide bonds. The summed E-state index contributed by atoms with van der Waals surface area (Å²) in [5, 5.41) is 12.0. The molecule has 14 heavy (non-hydrogen) atoms. The Morgan fingerprint density at radius 2 is 2.21 bits per heavy atom. The smallest absolute Gasteiger partial charge is 0.328 e. The molecule has 0 unspecified atom stereocenters. The molecule has 1 saturated carbocycles. The zero-order valence-corrected chi connectivity index (χ0v) is 8.97. The van der Waals surface area contributed by atoms with Crippen LogP contribution in [-0.2, 0) is 4.79 Å². The molecule has 2 N–H and O–H groups in total. The lowest BCUT2D eigenvalue weighted by atomic mass is 9.75. The first-order valence-corrected chi connectivity index (χ1v) is 5.23.